The summed E-state index contributed by atoms with van der Waals surface area (Å²) in [4.78, 5) is 13.2. The third kappa shape index (κ3) is 3.42. The van der Waals surface area contributed by atoms with E-state index in [1.165, 1.54) is 12.1 Å². The number of benzene rings is 2. The first kappa shape index (κ1) is 17.5. The maximum atomic E-state index is 13.1. The zero-order chi connectivity index (χ0) is 18.0. The fourth-order valence-electron chi connectivity index (χ4n) is 3.03. The van der Waals surface area contributed by atoms with Crippen LogP contribution in [0.15, 0.2) is 47.4 Å². The monoisotopic (exact) mass is 357 g/mol. The van der Waals surface area contributed by atoms with E-state index in [4.69, 9.17) is 4.74 Å². The predicted molar refractivity (Wildman–Crippen MR) is 99.9 cm³/mol. The summed E-state index contributed by atoms with van der Waals surface area (Å²) < 4.78 is 20.4. The highest BCUT2D eigenvalue weighted by Crippen LogP contribution is 2.34. The van der Waals surface area contributed by atoms with Crippen LogP contribution in [0.3, 0.4) is 0 Å². The fourth-order valence-corrected chi connectivity index (χ4v) is 3.82. The summed E-state index contributed by atoms with van der Waals surface area (Å²) in [7, 11) is 0. The van der Waals surface area contributed by atoms with Crippen LogP contribution >= 0.6 is 11.8 Å². The molecule has 0 bridgehead atoms. The first-order chi connectivity index (χ1) is 12.0. The number of carbonyl (C=O) groups is 1. The predicted octanol–water partition coefficient (Wildman–Crippen LogP) is 5.04. The van der Waals surface area contributed by atoms with Crippen molar-refractivity contribution in [2.24, 2.45) is 0 Å². The lowest BCUT2D eigenvalue weighted by molar-refractivity contribution is 0.0526. The first-order valence-corrected chi connectivity index (χ1v) is 9.36. The molecule has 0 spiro atoms. The van der Waals surface area contributed by atoms with Gasteiger partial charge in [0.15, 0.2) is 0 Å². The smallest absolute Gasteiger partial charge is 0.338 e. The van der Waals surface area contributed by atoms with Crippen molar-refractivity contribution in [1.29, 1.82) is 0 Å². The number of hydrogen-bond donors (Lipinski definition) is 0. The summed E-state index contributed by atoms with van der Waals surface area (Å²) in [5.74, 6) is -0.540. The summed E-state index contributed by atoms with van der Waals surface area (Å²) in [6.07, 6.45) is 2.03. The number of halogens is 1. The van der Waals surface area contributed by atoms with Crippen LogP contribution in [-0.2, 0) is 11.3 Å². The number of hydrogen-bond acceptors (Lipinski definition) is 3. The van der Waals surface area contributed by atoms with Crippen LogP contribution in [0.4, 0.5) is 4.39 Å². The minimum absolute atomic E-state index is 0.235. The van der Waals surface area contributed by atoms with Crippen LogP contribution < -0.4 is 0 Å². The molecule has 5 heteroatoms. The molecular weight excluding hydrogens is 337 g/mol. The molecule has 25 heavy (non-hydrogen) atoms. The highest BCUT2D eigenvalue weighted by molar-refractivity contribution is 7.98. The average molecular weight is 357 g/mol. The van der Waals surface area contributed by atoms with Crippen molar-refractivity contribution >= 4 is 28.6 Å². The van der Waals surface area contributed by atoms with Crippen LogP contribution in [0.25, 0.3) is 10.9 Å². The second-order valence-corrected chi connectivity index (χ2v) is 6.60. The summed E-state index contributed by atoms with van der Waals surface area (Å²) in [6.45, 7) is 4.88. The van der Waals surface area contributed by atoms with E-state index in [1.54, 1.807) is 36.9 Å². The molecule has 0 saturated carbocycles. The summed E-state index contributed by atoms with van der Waals surface area (Å²) in [5, 5.41) is 1.04. The maximum absolute atomic E-state index is 13.1. The zero-order valence-corrected chi connectivity index (χ0v) is 15.3. The molecule has 0 unspecified atom stereocenters. The Balaban J connectivity index is 2.08. The first-order valence-electron chi connectivity index (χ1n) is 8.13. The van der Waals surface area contributed by atoms with Crippen molar-refractivity contribution in [3.05, 3.63) is 65.1 Å². The van der Waals surface area contributed by atoms with Gasteiger partial charge in [-0.3, -0.25) is 0 Å². The second-order valence-electron chi connectivity index (χ2n) is 5.78. The Labute approximate surface area is 150 Å². The number of thioether (sulfide) groups is 1. The minimum atomic E-state index is -0.305. The lowest BCUT2D eigenvalue weighted by Crippen LogP contribution is -2.05. The van der Waals surface area contributed by atoms with E-state index in [2.05, 4.69) is 11.5 Å². The number of ether oxygens (including phenoxy) is 1. The van der Waals surface area contributed by atoms with E-state index >= 15 is 0 Å². The van der Waals surface area contributed by atoms with Gasteiger partial charge in [-0.25, -0.2) is 9.18 Å². The van der Waals surface area contributed by atoms with Gasteiger partial charge in [0.05, 0.1) is 12.2 Å². The molecular formula is C20H20FNO2S. The van der Waals surface area contributed by atoms with Crippen LogP contribution in [0.5, 0.6) is 0 Å². The Bertz CT molecular complexity index is 916. The number of esters is 1. The lowest BCUT2D eigenvalue weighted by Gasteiger charge is -2.09. The molecule has 0 aliphatic heterocycles. The number of fused-ring (bicyclic) bond motifs is 1. The van der Waals surface area contributed by atoms with Gasteiger partial charge < -0.3 is 9.30 Å². The van der Waals surface area contributed by atoms with Gasteiger partial charge in [0.2, 0.25) is 0 Å². The molecule has 0 atom stereocenters. The van der Waals surface area contributed by atoms with Crippen molar-refractivity contribution in [3.8, 4) is 0 Å². The van der Waals surface area contributed by atoms with E-state index in [0.717, 1.165) is 27.1 Å². The van der Waals surface area contributed by atoms with Crippen molar-refractivity contribution in [3.63, 3.8) is 0 Å². The number of nitrogens with zero attached hydrogens (tertiary/aromatic N) is 1. The molecule has 0 N–H and O–H groups in total. The lowest BCUT2D eigenvalue weighted by atomic mass is 10.1. The van der Waals surface area contributed by atoms with E-state index in [9.17, 15) is 9.18 Å². The molecule has 0 radical (unpaired) electrons. The van der Waals surface area contributed by atoms with Gasteiger partial charge in [-0.2, -0.15) is 0 Å². The van der Waals surface area contributed by atoms with Crippen LogP contribution in [0.1, 0.15) is 28.5 Å². The Morgan fingerprint density at radius 1 is 1.20 bits per heavy atom. The van der Waals surface area contributed by atoms with Crippen molar-refractivity contribution in [2.45, 2.75) is 25.3 Å². The largest absolute Gasteiger partial charge is 0.462 e. The molecule has 0 saturated heterocycles. The number of carbonyl (C=O) groups excluding carboxylic acids is 1. The maximum Gasteiger partial charge on any atom is 0.338 e. The molecule has 2 aromatic carbocycles. The third-order valence-electron chi connectivity index (χ3n) is 4.23. The molecule has 0 aliphatic carbocycles. The molecule has 3 rings (SSSR count). The molecule has 130 valence electrons. The summed E-state index contributed by atoms with van der Waals surface area (Å²) in [6, 6.07) is 12.2. The van der Waals surface area contributed by atoms with Gasteiger partial charge in [-0.05, 0) is 56.0 Å². The topological polar surface area (TPSA) is 31.2 Å². The number of rotatable bonds is 5. The zero-order valence-electron chi connectivity index (χ0n) is 14.5. The van der Waals surface area contributed by atoms with E-state index in [0.29, 0.717) is 18.7 Å². The Morgan fingerprint density at radius 2 is 1.92 bits per heavy atom. The van der Waals surface area contributed by atoms with Crippen molar-refractivity contribution in [1.82, 2.24) is 4.57 Å². The van der Waals surface area contributed by atoms with Crippen LogP contribution in [-0.4, -0.2) is 23.4 Å². The van der Waals surface area contributed by atoms with Gasteiger partial charge >= 0.3 is 5.97 Å². The Kier molecular flexibility index (Phi) is 5.13. The van der Waals surface area contributed by atoms with Gasteiger partial charge in [0, 0.05) is 28.0 Å². The van der Waals surface area contributed by atoms with E-state index in [-0.39, 0.29) is 11.8 Å². The van der Waals surface area contributed by atoms with E-state index in [1.807, 2.05) is 18.4 Å². The highest BCUT2D eigenvalue weighted by atomic mass is 32.2. The highest BCUT2D eigenvalue weighted by Gasteiger charge is 2.16. The molecule has 0 aliphatic rings. The van der Waals surface area contributed by atoms with Gasteiger partial charge in [0.1, 0.15) is 5.82 Å². The molecule has 0 fully saturated rings. The van der Waals surface area contributed by atoms with Crippen LogP contribution in [0.2, 0.25) is 0 Å². The number of aromatic nitrogens is 1. The normalized spacial score (nSPS) is 11.0. The summed E-state index contributed by atoms with van der Waals surface area (Å²) in [5.41, 5.74) is 3.78. The van der Waals surface area contributed by atoms with Gasteiger partial charge in [0.25, 0.3) is 0 Å². The SMILES string of the molecule is CCOC(=O)c1ccc2c(c1)c(SC)c(C)n2Cc1ccc(F)cc1. The van der Waals surface area contributed by atoms with Gasteiger partial charge in [-0.1, -0.05) is 12.1 Å². The molecule has 3 aromatic rings. The van der Waals surface area contributed by atoms with Crippen molar-refractivity contribution in [2.75, 3.05) is 12.9 Å². The summed E-state index contributed by atoms with van der Waals surface area (Å²) >= 11 is 1.66. The van der Waals surface area contributed by atoms with E-state index < -0.39 is 0 Å². The second kappa shape index (κ2) is 7.31. The van der Waals surface area contributed by atoms with Gasteiger partial charge in [-0.15, -0.1) is 11.8 Å². The Hall–Kier alpha value is -2.27. The molecule has 1 heterocycles. The van der Waals surface area contributed by atoms with Crippen molar-refractivity contribution < 1.29 is 13.9 Å². The fraction of sp³-hybridized carbons (Fsp3) is 0.250. The molecule has 1 aromatic heterocycles. The third-order valence-corrected chi connectivity index (χ3v) is 5.16. The van der Waals surface area contributed by atoms with Crippen LogP contribution in [0, 0.1) is 12.7 Å². The molecule has 0 amide bonds. The standard InChI is InChI=1S/C20H20FNO2S/c1-4-24-20(23)15-7-10-18-17(11-15)19(25-3)13(2)22(18)12-14-5-8-16(21)9-6-14/h5-11H,4,12H2,1-3H3. The Morgan fingerprint density at radius 3 is 2.56 bits per heavy atom. The average Bonchev–Trinajstić information content (AvgIpc) is 2.87. The quantitative estimate of drug-likeness (QED) is 0.474. The molecule has 3 nitrogen and oxygen atoms in total. The minimum Gasteiger partial charge on any atom is -0.462 e.